The largest absolute Gasteiger partial charge is 0.263 e. The summed E-state index contributed by atoms with van der Waals surface area (Å²) in [5.74, 6) is 1.20. The minimum atomic E-state index is 0.149. The molecule has 3 rings (SSSR count). The quantitative estimate of drug-likeness (QED) is 0.608. The maximum Gasteiger partial charge on any atom is 0.263 e. The van der Waals surface area contributed by atoms with E-state index >= 15 is 0 Å². The Morgan fingerprint density at radius 2 is 1.57 bits per heavy atom. The van der Waals surface area contributed by atoms with Crippen molar-refractivity contribution in [1.82, 2.24) is 4.57 Å². The molecule has 1 heterocycles. The second-order valence-corrected chi connectivity index (χ2v) is 7.12. The van der Waals surface area contributed by atoms with E-state index in [-0.39, 0.29) is 5.41 Å². The second-order valence-electron chi connectivity index (χ2n) is 7.12. The molecule has 2 aromatic carbocycles. The average molecular weight is 305 g/mol. The second kappa shape index (κ2) is 5.69. The van der Waals surface area contributed by atoms with Crippen molar-refractivity contribution >= 4 is 0 Å². The van der Waals surface area contributed by atoms with Gasteiger partial charge in [0.15, 0.2) is 0 Å². The molecule has 2 heteroatoms. The van der Waals surface area contributed by atoms with Gasteiger partial charge in [-0.3, -0.25) is 0 Å². The van der Waals surface area contributed by atoms with Gasteiger partial charge in [0.25, 0.3) is 5.82 Å². The van der Waals surface area contributed by atoms with Crippen LogP contribution in [0.4, 0.5) is 0 Å². The lowest BCUT2D eigenvalue weighted by atomic mass is 9.83. The smallest absolute Gasteiger partial charge is 0.200 e. The molecule has 0 unspecified atom stereocenters. The molecule has 118 valence electrons. The van der Waals surface area contributed by atoms with Gasteiger partial charge in [0.1, 0.15) is 23.8 Å². The number of hydrogen-bond donors (Lipinski definition) is 0. The predicted molar refractivity (Wildman–Crippen MR) is 95.5 cm³/mol. The van der Waals surface area contributed by atoms with E-state index < -0.39 is 0 Å². The maximum atomic E-state index is 2.28. The summed E-state index contributed by atoms with van der Waals surface area (Å²) >= 11 is 0. The fraction of sp³-hybridized carbons (Fsp3) is 0.286. The SMILES string of the molecule is Cc1c(-[n+]2ccn(-c3ccccc3)c2C)cccc1C(C)(C)C. The molecule has 3 aromatic rings. The van der Waals surface area contributed by atoms with Crippen molar-refractivity contribution in [2.75, 3.05) is 0 Å². The first-order chi connectivity index (χ1) is 10.9. The van der Waals surface area contributed by atoms with Crippen LogP contribution in [0, 0.1) is 13.8 Å². The van der Waals surface area contributed by atoms with E-state index in [9.17, 15) is 0 Å². The van der Waals surface area contributed by atoms with Crippen LogP contribution in [0.2, 0.25) is 0 Å². The van der Waals surface area contributed by atoms with Gasteiger partial charge in [-0.05, 0) is 41.7 Å². The van der Waals surface area contributed by atoms with E-state index in [0.29, 0.717) is 0 Å². The van der Waals surface area contributed by atoms with Crippen LogP contribution in [-0.4, -0.2) is 4.57 Å². The molecular formula is C21H25N2+. The van der Waals surface area contributed by atoms with Gasteiger partial charge < -0.3 is 0 Å². The Labute approximate surface area is 139 Å². The van der Waals surface area contributed by atoms with Gasteiger partial charge >= 0.3 is 0 Å². The van der Waals surface area contributed by atoms with Gasteiger partial charge in [-0.1, -0.05) is 51.1 Å². The lowest BCUT2D eigenvalue weighted by Crippen LogP contribution is -2.34. The molecule has 0 radical (unpaired) electrons. The summed E-state index contributed by atoms with van der Waals surface area (Å²) in [6.07, 6.45) is 4.28. The molecule has 0 fully saturated rings. The first-order valence-corrected chi connectivity index (χ1v) is 8.15. The lowest BCUT2D eigenvalue weighted by molar-refractivity contribution is -0.602. The van der Waals surface area contributed by atoms with Crippen LogP contribution in [0.5, 0.6) is 0 Å². The molecule has 0 saturated carbocycles. The van der Waals surface area contributed by atoms with E-state index in [2.05, 4.69) is 98.6 Å². The molecule has 2 nitrogen and oxygen atoms in total. The van der Waals surface area contributed by atoms with E-state index in [1.54, 1.807) is 0 Å². The predicted octanol–water partition coefficient (Wildman–Crippen LogP) is 4.67. The summed E-state index contributed by atoms with van der Waals surface area (Å²) in [7, 11) is 0. The van der Waals surface area contributed by atoms with Crippen molar-refractivity contribution in [3.05, 3.63) is 77.9 Å². The molecule has 1 aromatic heterocycles. The summed E-state index contributed by atoms with van der Waals surface area (Å²) in [5.41, 5.74) is 5.34. The van der Waals surface area contributed by atoms with Crippen LogP contribution in [0.25, 0.3) is 11.4 Å². The Morgan fingerprint density at radius 3 is 2.22 bits per heavy atom. The highest BCUT2D eigenvalue weighted by molar-refractivity contribution is 5.43. The summed E-state index contributed by atoms with van der Waals surface area (Å²) in [6.45, 7) is 11.2. The van der Waals surface area contributed by atoms with E-state index in [1.807, 2.05) is 6.07 Å². The fourth-order valence-electron chi connectivity index (χ4n) is 3.28. The molecule has 0 N–H and O–H groups in total. The monoisotopic (exact) mass is 305 g/mol. The van der Waals surface area contributed by atoms with Gasteiger partial charge in [-0.15, -0.1) is 0 Å². The van der Waals surface area contributed by atoms with Crippen molar-refractivity contribution in [1.29, 1.82) is 0 Å². The van der Waals surface area contributed by atoms with Crippen LogP contribution in [0.15, 0.2) is 60.9 Å². The number of rotatable bonds is 2. The normalized spacial score (nSPS) is 11.7. The molecule has 0 spiro atoms. The minimum absolute atomic E-state index is 0.149. The average Bonchev–Trinajstić information content (AvgIpc) is 2.89. The topological polar surface area (TPSA) is 8.81 Å². The summed E-state index contributed by atoms with van der Waals surface area (Å²) in [4.78, 5) is 0. The minimum Gasteiger partial charge on any atom is -0.200 e. The molecule has 0 saturated heterocycles. The van der Waals surface area contributed by atoms with Gasteiger partial charge in [0.05, 0.1) is 0 Å². The highest BCUT2D eigenvalue weighted by Crippen LogP contribution is 2.27. The molecule has 0 atom stereocenters. The third kappa shape index (κ3) is 2.81. The Hall–Kier alpha value is -2.35. The summed E-state index contributed by atoms with van der Waals surface area (Å²) in [6, 6.07) is 17.1. The molecule has 0 bridgehead atoms. The summed E-state index contributed by atoms with van der Waals surface area (Å²) < 4.78 is 4.50. The Kier molecular flexibility index (Phi) is 3.85. The maximum absolute atomic E-state index is 2.28. The first-order valence-electron chi connectivity index (χ1n) is 8.15. The number of aromatic nitrogens is 2. The van der Waals surface area contributed by atoms with E-state index in [4.69, 9.17) is 0 Å². The standard InChI is InChI=1S/C21H25N2/c1-16-19(21(3,4)5)12-9-13-20(16)23-15-14-22(17(23)2)18-10-7-6-8-11-18/h6-15H,1-5H3/q+1. The highest BCUT2D eigenvalue weighted by atomic mass is 15.2. The zero-order chi connectivity index (χ0) is 16.6. The molecule has 0 aliphatic heterocycles. The number of hydrogen-bond acceptors (Lipinski definition) is 0. The van der Waals surface area contributed by atoms with Gasteiger partial charge in [0.2, 0.25) is 0 Å². The number of imidazole rings is 1. The van der Waals surface area contributed by atoms with Crippen molar-refractivity contribution in [3.8, 4) is 11.4 Å². The van der Waals surface area contributed by atoms with E-state index in [0.717, 1.165) is 0 Å². The van der Waals surface area contributed by atoms with Crippen molar-refractivity contribution in [3.63, 3.8) is 0 Å². The zero-order valence-electron chi connectivity index (χ0n) is 14.7. The first kappa shape index (κ1) is 15.5. The Bertz CT molecular complexity index is 821. The van der Waals surface area contributed by atoms with Crippen LogP contribution < -0.4 is 4.57 Å². The number of nitrogens with zero attached hydrogens (tertiary/aromatic N) is 2. The van der Waals surface area contributed by atoms with Crippen LogP contribution in [0.1, 0.15) is 37.7 Å². The van der Waals surface area contributed by atoms with Crippen molar-refractivity contribution < 1.29 is 4.57 Å². The Balaban J connectivity index is 2.13. The summed E-state index contributed by atoms with van der Waals surface area (Å²) in [5, 5.41) is 0. The molecule has 0 amide bonds. The van der Waals surface area contributed by atoms with Gasteiger partial charge in [-0.2, -0.15) is 9.13 Å². The Morgan fingerprint density at radius 1 is 0.870 bits per heavy atom. The third-order valence-electron chi connectivity index (χ3n) is 4.47. The van der Waals surface area contributed by atoms with E-state index in [1.165, 1.54) is 28.3 Å². The van der Waals surface area contributed by atoms with Crippen LogP contribution in [-0.2, 0) is 5.41 Å². The molecule has 23 heavy (non-hydrogen) atoms. The number of benzene rings is 2. The van der Waals surface area contributed by atoms with Crippen LogP contribution >= 0.6 is 0 Å². The molecular weight excluding hydrogens is 280 g/mol. The van der Waals surface area contributed by atoms with Crippen molar-refractivity contribution in [2.24, 2.45) is 0 Å². The third-order valence-corrected chi connectivity index (χ3v) is 4.47. The van der Waals surface area contributed by atoms with Gasteiger partial charge in [0, 0.05) is 6.92 Å². The van der Waals surface area contributed by atoms with Gasteiger partial charge in [-0.25, -0.2) is 0 Å². The highest BCUT2D eigenvalue weighted by Gasteiger charge is 2.22. The van der Waals surface area contributed by atoms with Crippen LogP contribution in [0.3, 0.4) is 0 Å². The fourth-order valence-corrected chi connectivity index (χ4v) is 3.28. The zero-order valence-corrected chi connectivity index (χ0v) is 14.7. The molecule has 0 aliphatic carbocycles. The van der Waals surface area contributed by atoms with Crippen molar-refractivity contribution in [2.45, 2.75) is 40.0 Å². The lowest BCUT2D eigenvalue weighted by Gasteiger charge is -2.22. The number of para-hydroxylation sites is 1. The molecule has 0 aliphatic rings.